The lowest BCUT2D eigenvalue weighted by molar-refractivity contribution is 0.0804. The molecule has 0 radical (unpaired) electrons. The molecule has 3 heteroatoms. The molecule has 0 aliphatic carbocycles. The Morgan fingerprint density at radius 1 is 1.36 bits per heavy atom. The molecular formula is C11H20O2S. The maximum absolute atomic E-state index is 9.93. The Hall–Kier alpha value is 0.270. The SMILES string of the molecule is OC(CCC1CCCO1)C1CCCS1. The summed E-state index contributed by atoms with van der Waals surface area (Å²) in [4.78, 5) is 0. The molecule has 0 aromatic carbocycles. The van der Waals surface area contributed by atoms with E-state index < -0.39 is 0 Å². The van der Waals surface area contributed by atoms with Crippen LogP contribution in [0.5, 0.6) is 0 Å². The minimum absolute atomic E-state index is 0.0910. The molecule has 0 bridgehead atoms. The number of aliphatic hydroxyl groups is 1. The summed E-state index contributed by atoms with van der Waals surface area (Å²) < 4.78 is 5.55. The van der Waals surface area contributed by atoms with Gasteiger partial charge in [0.2, 0.25) is 0 Å². The molecule has 2 saturated heterocycles. The third-order valence-electron chi connectivity index (χ3n) is 3.20. The normalized spacial score (nSPS) is 34.9. The number of ether oxygens (including phenoxy) is 1. The van der Waals surface area contributed by atoms with Gasteiger partial charge in [0, 0.05) is 11.9 Å². The summed E-state index contributed by atoms with van der Waals surface area (Å²) in [5, 5.41) is 10.4. The monoisotopic (exact) mass is 216 g/mol. The second-order valence-electron chi connectivity index (χ2n) is 4.33. The molecule has 0 saturated carbocycles. The average Bonchev–Trinajstić information content (AvgIpc) is 2.87. The Balaban J connectivity index is 1.63. The molecule has 3 unspecified atom stereocenters. The van der Waals surface area contributed by atoms with E-state index in [2.05, 4.69) is 0 Å². The van der Waals surface area contributed by atoms with Crippen LogP contribution < -0.4 is 0 Å². The molecule has 2 fully saturated rings. The Morgan fingerprint density at radius 3 is 2.93 bits per heavy atom. The van der Waals surface area contributed by atoms with Gasteiger partial charge in [-0.05, 0) is 44.3 Å². The minimum Gasteiger partial charge on any atom is -0.392 e. The second-order valence-corrected chi connectivity index (χ2v) is 5.68. The van der Waals surface area contributed by atoms with Gasteiger partial charge in [-0.1, -0.05) is 0 Å². The topological polar surface area (TPSA) is 29.5 Å². The van der Waals surface area contributed by atoms with Gasteiger partial charge in [0.05, 0.1) is 12.2 Å². The molecule has 2 heterocycles. The first kappa shape index (κ1) is 10.8. The number of thioether (sulfide) groups is 1. The number of aliphatic hydroxyl groups excluding tert-OH is 1. The second kappa shape index (κ2) is 5.38. The molecule has 2 rings (SSSR count). The van der Waals surface area contributed by atoms with Crippen molar-refractivity contribution in [1.82, 2.24) is 0 Å². The number of hydrogen-bond acceptors (Lipinski definition) is 3. The van der Waals surface area contributed by atoms with Crippen LogP contribution in [0.3, 0.4) is 0 Å². The molecule has 2 aliphatic heterocycles. The van der Waals surface area contributed by atoms with Gasteiger partial charge >= 0.3 is 0 Å². The predicted octanol–water partition coefficient (Wildman–Crippen LogP) is 2.20. The summed E-state index contributed by atoms with van der Waals surface area (Å²) in [5.41, 5.74) is 0. The molecule has 14 heavy (non-hydrogen) atoms. The first-order valence-corrected chi connectivity index (χ1v) is 6.82. The van der Waals surface area contributed by atoms with Crippen molar-refractivity contribution in [3.8, 4) is 0 Å². The largest absolute Gasteiger partial charge is 0.392 e. The van der Waals surface area contributed by atoms with Gasteiger partial charge < -0.3 is 9.84 Å². The zero-order valence-electron chi connectivity index (χ0n) is 8.65. The lowest BCUT2D eigenvalue weighted by atomic mass is 10.0. The van der Waals surface area contributed by atoms with Gasteiger partial charge in [-0.3, -0.25) is 0 Å². The lowest BCUT2D eigenvalue weighted by Crippen LogP contribution is -2.22. The Labute approximate surface area is 90.4 Å². The molecule has 0 aromatic heterocycles. The van der Waals surface area contributed by atoms with Crippen molar-refractivity contribution in [1.29, 1.82) is 0 Å². The van der Waals surface area contributed by atoms with Crippen molar-refractivity contribution in [2.45, 2.75) is 56.0 Å². The quantitative estimate of drug-likeness (QED) is 0.781. The minimum atomic E-state index is -0.0910. The van der Waals surface area contributed by atoms with Gasteiger partial charge in [-0.25, -0.2) is 0 Å². The van der Waals surface area contributed by atoms with Crippen LogP contribution >= 0.6 is 11.8 Å². The third kappa shape index (κ3) is 2.88. The van der Waals surface area contributed by atoms with Gasteiger partial charge in [-0.15, -0.1) is 0 Å². The highest BCUT2D eigenvalue weighted by Crippen LogP contribution is 2.31. The molecule has 1 N–H and O–H groups in total. The zero-order chi connectivity index (χ0) is 9.80. The van der Waals surface area contributed by atoms with E-state index in [0.717, 1.165) is 19.4 Å². The molecule has 82 valence electrons. The predicted molar refractivity (Wildman–Crippen MR) is 59.7 cm³/mol. The molecule has 0 amide bonds. The maximum Gasteiger partial charge on any atom is 0.0659 e. The van der Waals surface area contributed by atoms with Gasteiger partial charge in [0.25, 0.3) is 0 Å². The van der Waals surface area contributed by atoms with E-state index in [1.54, 1.807) is 0 Å². The summed E-state index contributed by atoms with van der Waals surface area (Å²) in [6.45, 7) is 0.930. The van der Waals surface area contributed by atoms with Crippen molar-refractivity contribution in [2.24, 2.45) is 0 Å². The van der Waals surface area contributed by atoms with Crippen molar-refractivity contribution >= 4 is 11.8 Å². The summed E-state index contributed by atoms with van der Waals surface area (Å²) >= 11 is 1.94. The van der Waals surface area contributed by atoms with Crippen LogP contribution in [0.25, 0.3) is 0 Å². The van der Waals surface area contributed by atoms with Crippen LogP contribution in [0.1, 0.15) is 38.5 Å². The molecule has 0 aromatic rings. The summed E-state index contributed by atoms with van der Waals surface area (Å²) in [6, 6.07) is 0. The van der Waals surface area contributed by atoms with E-state index >= 15 is 0 Å². The van der Waals surface area contributed by atoms with Crippen molar-refractivity contribution in [2.75, 3.05) is 12.4 Å². The smallest absolute Gasteiger partial charge is 0.0659 e. The maximum atomic E-state index is 9.93. The van der Waals surface area contributed by atoms with Crippen molar-refractivity contribution in [3.63, 3.8) is 0 Å². The van der Waals surface area contributed by atoms with E-state index in [1.165, 1.54) is 31.4 Å². The van der Waals surface area contributed by atoms with Crippen LogP contribution in [0.2, 0.25) is 0 Å². The van der Waals surface area contributed by atoms with Gasteiger partial charge in [0.1, 0.15) is 0 Å². The van der Waals surface area contributed by atoms with Crippen LogP contribution in [0.15, 0.2) is 0 Å². The van der Waals surface area contributed by atoms with E-state index in [-0.39, 0.29) is 6.10 Å². The molecule has 2 nitrogen and oxygen atoms in total. The first-order valence-electron chi connectivity index (χ1n) is 5.77. The first-order chi connectivity index (χ1) is 6.86. The third-order valence-corrected chi connectivity index (χ3v) is 4.70. The van der Waals surface area contributed by atoms with Crippen LogP contribution in [0, 0.1) is 0 Å². The Kier molecular flexibility index (Phi) is 4.14. The number of hydrogen-bond donors (Lipinski definition) is 1. The van der Waals surface area contributed by atoms with Crippen LogP contribution in [0.4, 0.5) is 0 Å². The zero-order valence-corrected chi connectivity index (χ0v) is 9.47. The summed E-state index contributed by atoms with van der Waals surface area (Å²) in [6.07, 6.45) is 7.23. The standard InChI is InChI=1S/C11H20O2S/c12-10(11-4-2-8-14-11)6-5-9-3-1-7-13-9/h9-12H,1-8H2. The lowest BCUT2D eigenvalue weighted by Gasteiger charge is -2.18. The highest BCUT2D eigenvalue weighted by molar-refractivity contribution is 8.00. The van der Waals surface area contributed by atoms with Crippen molar-refractivity contribution in [3.05, 3.63) is 0 Å². The number of rotatable bonds is 4. The van der Waals surface area contributed by atoms with E-state index in [9.17, 15) is 5.11 Å². The molecule has 0 spiro atoms. The molecular weight excluding hydrogens is 196 g/mol. The van der Waals surface area contributed by atoms with Crippen LogP contribution in [-0.4, -0.2) is 34.9 Å². The highest BCUT2D eigenvalue weighted by atomic mass is 32.2. The van der Waals surface area contributed by atoms with Gasteiger partial charge in [0.15, 0.2) is 0 Å². The van der Waals surface area contributed by atoms with Crippen molar-refractivity contribution < 1.29 is 9.84 Å². The Morgan fingerprint density at radius 2 is 2.29 bits per heavy atom. The fraction of sp³-hybridized carbons (Fsp3) is 1.00. The summed E-state index contributed by atoms with van der Waals surface area (Å²) in [7, 11) is 0. The summed E-state index contributed by atoms with van der Waals surface area (Å²) in [5.74, 6) is 1.24. The Bertz CT molecular complexity index is 163. The highest BCUT2D eigenvalue weighted by Gasteiger charge is 2.25. The molecule has 3 atom stereocenters. The van der Waals surface area contributed by atoms with Gasteiger partial charge in [-0.2, -0.15) is 11.8 Å². The van der Waals surface area contributed by atoms with E-state index in [1.807, 2.05) is 11.8 Å². The molecule has 2 aliphatic rings. The van der Waals surface area contributed by atoms with E-state index in [0.29, 0.717) is 11.4 Å². The van der Waals surface area contributed by atoms with E-state index in [4.69, 9.17) is 4.74 Å². The average molecular weight is 216 g/mol. The van der Waals surface area contributed by atoms with Crippen LogP contribution in [-0.2, 0) is 4.74 Å². The fourth-order valence-electron chi connectivity index (χ4n) is 2.32. The fourth-order valence-corrected chi connectivity index (χ4v) is 3.65.